The Balaban J connectivity index is 1.47. The normalized spacial score (nSPS) is 14.7. The summed E-state index contributed by atoms with van der Waals surface area (Å²) < 4.78 is 0. The topological polar surface area (TPSA) is 61.4 Å². The second-order valence-electron chi connectivity index (χ2n) is 5.64. The number of rotatable bonds is 4. The summed E-state index contributed by atoms with van der Waals surface area (Å²) in [7, 11) is 0. The third-order valence-electron chi connectivity index (χ3n) is 3.96. The maximum absolute atomic E-state index is 12.3. The number of amides is 1. The average Bonchev–Trinajstić information content (AvgIpc) is 2.62. The van der Waals surface area contributed by atoms with Gasteiger partial charge < -0.3 is 15.1 Å². The van der Waals surface area contributed by atoms with Crippen LogP contribution in [0.1, 0.15) is 5.56 Å². The van der Waals surface area contributed by atoms with E-state index in [-0.39, 0.29) is 5.91 Å². The number of hydrogen-bond acceptors (Lipinski definition) is 5. The molecule has 1 aromatic carbocycles. The molecule has 6 nitrogen and oxygen atoms in total. The quantitative estimate of drug-likeness (QED) is 0.928. The Labute approximate surface area is 136 Å². The van der Waals surface area contributed by atoms with Crippen molar-refractivity contribution in [1.29, 1.82) is 0 Å². The molecule has 23 heavy (non-hydrogen) atoms. The molecule has 1 amide bonds. The Morgan fingerprint density at radius 2 is 1.74 bits per heavy atom. The van der Waals surface area contributed by atoms with Crippen LogP contribution < -0.4 is 10.2 Å². The third kappa shape index (κ3) is 3.97. The van der Waals surface area contributed by atoms with Crippen LogP contribution >= 0.6 is 0 Å². The van der Waals surface area contributed by atoms with Crippen molar-refractivity contribution in [3.63, 3.8) is 0 Å². The first-order valence-electron chi connectivity index (χ1n) is 7.83. The number of carbonyl (C=O) groups is 1. The number of aryl methyl sites for hydroxylation is 1. The molecule has 0 spiro atoms. The number of anilines is 2. The van der Waals surface area contributed by atoms with Gasteiger partial charge in [-0.15, -0.1) is 0 Å². The van der Waals surface area contributed by atoms with E-state index in [1.165, 1.54) is 5.56 Å². The van der Waals surface area contributed by atoms with Crippen LogP contribution in [0, 0.1) is 6.92 Å². The zero-order valence-electron chi connectivity index (χ0n) is 13.3. The average molecular weight is 311 g/mol. The van der Waals surface area contributed by atoms with Gasteiger partial charge in [0.25, 0.3) is 0 Å². The minimum Gasteiger partial charge on any atom is -0.376 e. The summed E-state index contributed by atoms with van der Waals surface area (Å²) in [5, 5.41) is 3.18. The molecule has 1 fully saturated rings. The van der Waals surface area contributed by atoms with Gasteiger partial charge in [0.15, 0.2) is 0 Å². The molecule has 0 saturated carbocycles. The highest BCUT2D eigenvalue weighted by Gasteiger charge is 2.22. The van der Waals surface area contributed by atoms with Gasteiger partial charge in [-0.25, -0.2) is 9.97 Å². The fourth-order valence-electron chi connectivity index (χ4n) is 2.57. The van der Waals surface area contributed by atoms with E-state index in [2.05, 4.69) is 20.2 Å². The summed E-state index contributed by atoms with van der Waals surface area (Å²) >= 11 is 0. The van der Waals surface area contributed by atoms with E-state index in [0.717, 1.165) is 24.7 Å². The summed E-state index contributed by atoms with van der Waals surface area (Å²) in [5.41, 5.74) is 2.18. The number of piperazine rings is 1. The lowest BCUT2D eigenvalue weighted by Gasteiger charge is -2.34. The lowest BCUT2D eigenvalue weighted by Crippen LogP contribution is -2.50. The van der Waals surface area contributed by atoms with Gasteiger partial charge in [0.2, 0.25) is 11.9 Å². The number of aromatic nitrogens is 2. The first-order chi connectivity index (χ1) is 11.2. The van der Waals surface area contributed by atoms with Crippen LogP contribution in [0.25, 0.3) is 0 Å². The van der Waals surface area contributed by atoms with Crippen molar-refractivity contribution >= 4 is 17.5 Å². The van der Waals surface area contributed by atoms with Crippen molar-refractivity contribution in [3.05, 3.63) is 48.3 Å². The van der Waals surface area contributed by atoms with E-state index in [0.29, 0.717) is 19.6 Å². The number of hydrogen-bond donors (Lipinski definition) is 1. The molecular formula is C17H21N5O. The van der Waals surface area contributed by atoms with Crippen LogP contribution in [0.15, 0.2) is 42.7 Å². The minimum atomic E-state index is 0.124. The second-order valence-corrected chi connectivity index (χ2v) is 5.64. The lowest BCUT2D eigenvalue weighted by molar-refractivity contribution is -0.129. The van der Waals surface area contributed by atoms with Gasteiger partial charge in [-0.05, 0) is 25.1 Å². The molecule has 2 heterocycles. The summed E-state index contributed by atoms with van der Waals surface area (Å²) in [6.07, 6.45) is 3.48. The van der Waals surface area contributed by atoms with Gasteiger partial charge >= 0.3 is 0 Å². The molecule has 1 aliphatic heterocycles. The molecule has 0 bridgehead atoms. The molecule has 0 atom stereocenters. The van der Waals surface area contributed by atoms with Gasteiger partial charge in [-0.2, -0.15) is 0 Å². The van der Waals surface area contributed by atoms with Crippen LogP contribution in [0.5, 0.6) is 0 Å². The van der Waals surface area contributed by atoms with Crippen molar-refractivity contribution in [2.75, 3.05) is 42.9 Å². The first kappa shape index (κ1) is 15.3. The Bertz CT molecular complexity index is 636. The number of benzene rings is 1. The molecule has 2 aromatic rings. The Hall–Kier alpha value is -2.63. The summed E-state index contributed by atoms with van der Waals surface area (Å²) in [6.45, 7) is 5.30. The predicted octanol–water partition coefficient (Wildman–Crippen LogP) is 1.55. The third-order valence-corrected chi connectivity index (χ3v) is 3.96. The minimum absolute atomic E-state index is 0.124. The Morgan fingerprint density at radius 3 is 2.39 bits per heavy atom. The summed E-state index contributed by atoms with van der Waals surface area (Å²) in [6, 6.07) is 9.86. The lowest BCUT2D eigenvalue weighted by atomic mass is 10.2. The van der Waals surface area contributed by atoms with Crippen LogP contribution in [0.3, 0.4) is 0 Å². The second kappa shape index (κ2) is 7.09. The maximum atomic E-state index is 12.3. The van der Waals surface area contributed by atoms with Crippen molar-refractivity contribution in [3.8, 4) is 0 Å². The maximum Gasteiger partial charge on any atom is 0.241 e. The van der Waals surface area contributed by atoms with Gasteiger partial charge in [-0.1, -0.05) is 17.7 Å². The number of nitrogens with one attached hydrogen (secondary N) is 1. The van der Waals surface area contributed by atoms with E-state index in [4.69, 9.17) is 0 Å². The molecule has 6 heteroatoms. The monoisotopic (exact) mass is 311 g/mol. The van der Waals surface area contributed by atoms with Gasteiger partial charge in [-0.3, -0.25) is 4.79 Å². The highest BCUT2D eigenvalue weighted by atomic mass is 16.2. The Kier molecular flexibility index (Phi) is 4.71. The zero-order valence-corrected chi connectivity index (χ0v) is 13.3. The molecule has 0 aliphatic carbocycles. The first-order valence-corrected chi connectivity index (χ1v) is 7.83. The number of nitrogens with zero attached hydrogens (tertiary/aromatic N) is 4. The molecule has 120 valence electrons. The van der Waals surface area contributed by atoms with Gasteiger partial charge in [0, 0.05) is 44.3 Å². The van der Waals surface area contributed by atoms with E-state index in [1.807, 2.05) is 36.1 Å². The van der Waals surface area contributed by atoms with Crippen LogP contribution in [-0.4, -0.2) is 53.5 Å². The zero-order chi connectivity index (χ0) is 16.1. The van der Waals surface area contributed by atoms with E-state index in [1.54, 1.807) is 18.5 Å². The fraction of sp³-hybridized carbons (Fsp3) is 0.353. The smallest absolute Gasteiger partial charge is 0.241 e. The Morgan fingerprint density at radius 1 is 1.09 bits per heavy atom. The van der Waals surface area contributed by atoms with E-state index in [9.17, 15) is 4.79 Å². The number of carbonyl (C=O) groups excluding carboxylic acids is 1. The predicted molar refractivity (Wildman–Crippen MR) is 90.5 cm³/mol. The van der Waals surface area contributed by atoms with Gasteiger partial charge in [0.05, 0.1) is 6.54 Å². The highest BCUT2D eigenvalue weighted by Crippen LogP contribution is 2.11. The molecule has 0 unspecified atom stereocenters. The SMILES string of the molecule is Cc1ccc(NCC(=O)N2CCN(c3ncccn3)CC2)cc1. The van der Waals surface area contributed by atoms with Crippen molar-refractivity contribution < 1.29 is 4.79 Å². The van der Waals surface area contributed by atoms with Crippen molar-refractivity contribution in [2.45, 2.75) is 6.92 Å². The van der Waals surface area contributed by atoms with Crippen molar-refractivity contribution in [2.24, 2.45) is 0 Å². The largest absolute Gasteiger partial charge is 0.376 e. The molecule has 0 radical (unpaired) electrons. The fourth-order valence-corrected chi connectivity index (χ4v) is 2.57. The van der Waals surface area contributed by atoms with Crippen molar-refractivity contribution in [1.82, 2.24) is 14.9 Å². The molecule has 1 aromatic heterocycles. The van der Waals surface area contributed by atoms with E-state index < -0.39 is 0 Å². The molecule has 1 N–H and O–H groups in total. The van der Waals surface area contributed by atoms with Crippen LogP contribution in [0.4, 0.5) is 11.6 Å². The summed E-state index contributed by atoms with van der Waals surface area (Å²) in [5.74, 6) is 0.858. The molecule has 1 saturated heterocycles. The van der Waals surface area contributed by atoms with E-state index >= 15 is 0 Å². The van der Waals surface area contributed by atoms with Crippen LogP contribution in [0.2, 0.25) is 0 Å². The van der Waals surface area contributed by atoms with Crippen LogP contribution in [-0.2, 0) is 4.79 Å². The molecular weight excluding hydrogens is 290 g/mol. The standard InChI is InChI=1S/C17H21N5O/c1-14-3-5-15(6-4-14)20-13-16(23)21-9-11-22(12-10-21)17-18-7-2-8-19-17/h2-8,20H,9-13H2,1H3. The molecule has 1 aliphatic rings. The van der Waals surface area contributed by atoms with Gasteiger partial charge in [0.1, 0.15) is 0 Å². The highest BCUT2D eigenvalue weighted by molar-refractivity contribution is 5.81. The molecule has 3 rings (SSSR count). The summed E-state index contributed by atoms with van der Waals surface area (Å²) in [4.78, 5) is 24.8.